The average Bonchev–Trinajstić information content (AvgIpc) is 3.03. The summed E-state index contributed by atoms with van der Waals surface area (Å²) in [6.07, 6.45) is 1.78. The molecule has 0 saturated heterocycles. The molecule has 1 aliphatic rings. The third-order valence-electron chi connectivity index (χ3n) is 2.77. The van der Waals surface area contributed by atoms with Crippen LogP contribution in [-0.2, 0) is 6.54 Å². The maximum absolute atomic E-state index is 8.69. The van der Waals surface area contributed by atoms with Crippen LogP contribution in [0.25, 0.3) is 0 Å². The zero-order valence-electron chi connectivity index (χ0n) is 10.3. The fourth-order valence-corrected chi connectivity index (χ4v) is 1.92. The monoisotopic (exact) mass is 256 g/mol. The molecule has 0 amide bonds. The fraction of sp³-hybridized carbons (Fsp3) is 0.250. The third-order valence-corrected chi connectivity index (χ3v) is 2.77. The normalized spacial score (nSPS) is 19.4. The quantitative estimate of drug-likeness (QED) is 0.748. The summed E-state index contributed by atoms with van der Waals surface area (Å²) in [5.41, 5.74) is 0.894. The molecule has 3 rings (SSSR count). The Balaban J connectivity index is 1.83. The number of nitriles is 1. The van der Waals surface area contributed by atoms with Crippen molar-refractivity contribution in [1.82, 2.24) is 15.5 Å². The van der Waals surface area contributed by atoms with Gasteiger partial charge < -0.3 is 15.1 Å². The van der Waals surface area contributed by atoms with Crippen molar-refractivity contribution in [1.29, 1.82) is 5.26 Å². The lowest BCUT2D eigenvalue weighted by atomic mass is 10.2. The average molecular weight is 256 g/mol. The highest BCUT2D eigenvalue weighted by atomic mass is 16.3. The number of aliphatic imine (C=N–C) groups is 1. The van der Waals surface area contributed by atoms with Crippen LogP contribution < -0.4 is 10.6 Å². The number of hydrogen-bond acceptors (Lipinski definition) is 5. The highest BCUT2D eigenvalue weighted by Crippen LogP contribution is 2.17. The van der Waals surface area contributed by atoms with E-state index in [0.717, 1.165) is 17.2 Å². The lowest BCUT2D eigenvalue weighted by Crippen LogP contribution is -2.43. The molecule has 0 fully saturated rings. The molecule has 0 saturated carbocycles. The summed E-state index contributed by atoms with van der Waals surface area (Å²) in [6.45, 7) is 2.36. The van der Waals surface area contributed by atoms with Crippen LogP contribution in [0.2, 0.25) is 0 Å². The van der Waals surface area contributed by atoms with E-state index in [1.165, 1.54) is 0 Å². The second kappa shape index (κ2) is 4.49. The second-order valence-corrected chi connectivity index (χ2v) is 4.21. The minimum absolute atomic E-state index is 0.0676. The predicted octanol–water partition coefficient (Wildman–Crippen LogP) is 1.18. The van der Waals surface area contributed by atoms with Crippen molar-refractivity contribution in [2.45, 2.75) is 19.6 Å². The molecule has 0 aromatic carbocycles. The van der Waals surface area contributed by atoms with Gasteiger partial charge in [-0.05, 0) is 19.1 Å². The third kappa shape index (κ3) is 2.15. The molecule has 0 spiro atoms. The second-order valence-electron chi connectivity index (χ2n) is 4.21. The highest BCUT2D eigenvalue weighted by Gasteiger charge is 2.20. The van der Waals surface area contributed by atoms with Crippen LogP contribution in [0.15, 0.2) is 27.7 Å². The Hall–Kier alpha value is -2.75. The number of aromatic amines is 1. The topological polar surface area (TPSA) is 102 Å². The fourth-order valence-electron chi connectivity index (χ4n) is 1.92. The van der Waals surface area contributed by atoms with Crippen molar-refractivity contribution in [3.8, 4) is 6.07 Å². The van der Waals surface area contributed by atoms with Gasteiger partial charge in [0.15, 0.2) is 0 Å². The van der Waals surface area contributed by atoms with E-state index in [4.69, 9.17) is 9.68 Å². The minimum Gasteiger partial charge on any atom is -0.449 e. The molecule has 1 unspecified atom stereocenters. The van der Waals surface area contributed by atoms with Gasteiger partial charge >= 0.3 is 0 Å². The van der Waals surface area contributed by atoms with Crippen molar-refractivity contribution in [3.63, 3.8) is 0 Å². The molecule has 0 aliphatic carbocycles. The summed E-state index contributed by atoms with van der Waals surface area (Å²) in [5, 5.41) is 22.0. The van der Waals surface area contributed by atoms with Crippen molar-refractivity contribution in [2.24, 2.45) is 4.99 Å². The number of H-pyrrole nitrogens is 1. The summed E-state index contributed by atoms with van der Waals surface area (Å²) in [6, 6.07) is 5.34. The van der Waals surface area contributed by atoms with Gasteiger partial charge in [0.2, 0.25) is 5.76 Å². The van der Waals surface area contributed by atoms with Gasteiger partial charge in [0, 0.05) is 0 Å². The molecule has 3 N–H and O–H groups in total. The molecule has 2 aromatic rings. The van der Waals surface area contributed by atoms with Gasteiger partial charge in [-0.15, -0.1) is 0 Å². The van der Waals surface area contributed by atoms with E-state index < -0.39 is 0 Å². The van der Waals surface area contributed by atoms with Gasteiger partial charge in [-0.3, -0.25) is 10.1 Å². The molecule has 0 bridgehead atoms. The van der Waals surface area contributed by atoms with E-state index in [1.54, 1.807) is 18.3 Å². The lowest BCUT2D eigenvalue weighted by molar-refractivity contribution is 0.500. The van der Waals surface area contributed by atoms with Crippen molar-refractivity contribution >= 4 is 11.7 Å². The maximum Gasteiger partial charge on any atom is 0.203 e. The number of nitrogens with one attached hydrogen (secondary N) is 3. The smallest absolute Gasteiger partial charge is 0.203 e. The molecule has 96 valence electrons. The standard InChI is InChI=1S/C12H12N6O/c1-7-16-11(10-6-15-18-12(10)17-7)14-5-9-3-2-8(4-13)19-9/h2-3,6-7H,5H2,1H3,(H,14,16)(H2,15,17,18). The molecule has 1 aliphatic heterocycles. The number of anilines is 1. The number of hydrogen-bond donors (Lipinski definition) is 3. The van der Waals surface area contributed by atoms with Gasteiger partial charge in [0.1, 0.15) is 23.5 Å². The summed E-state index contributed by atoms with van der Waals surface area (Å²) < 4.78 is 5.29. The van der Waals surface area contributed by atoms with E-state index >= 15 is 0 Å². The first-order chi connectivity index (χ1) is 9.26. The van der Waals surface area contributed by atoms with Crippen LogP contribution in [0.4, 0.5) is 5.82 Å². The van der Waals surface area contributed by atoms with Crippen molar-refractivity contribution < 1.29 is 4.42 Å². The van der Waals surface area contributed by atoms with Crippen LogP contribution in [0.1, 0.15) is 24.0 Å². The van der Waals surface area contributed by atoms with E-state index in [0.29, 0.717) is 18.1 Å². The summed E-state index contributed by atoms with van der Waals surface area (Å²) >= 11 is 0. The van der Waals surface area contributed by atoms with Crippen molar-refractivity contribution in [2.75, 3.05) is 5.32 Å². The number of nitrogens with zero attached hydrogens (tertiary/aromatic N) is 3. The Labute approximate surface area is 109 Å². The van der Waals surface area contributed by atoms with Gasteiger partial charge in [0.25, 0.3) is 0 Å². The van der Waals surface area contributed by atoms with Crippen LogP contribution in [0.3, 0.4) is 0 Å². The first kappa shape index (κ1) is 11.3. The molecule has 19 heavy (non-hydrogen) atoms. The van der Waals surface area contributed by atoms with E-state index in [2.05, 4.69) is 25.8 Å². The Bertz CT molecular complexity index is 662. The summed E-state index contributed by atoms with van der Waals surface area (Å²) in [4.78, 5) is 4.47. The first-order valence-electron chi connectivity index (χ1n) is 5.86. The van der Waals surface area contributed by atoms with Gasteiger partial charge in [-0.1, -0.05) is 0 Å². The predicted molar refractivity (Wildman–Crippen MR) is 68.5 cm³/mol. The molecule has 0 radical (unpaired) electrons. The Kier molecular flexibility index (Phi) is 2.68. The van der Waals surface area contributed by atoms with Gasteiger partial charge in [0.05, 0.1) is 24.5 Å². The molecule has 1 atom stereocenters. The van der Waals surface area contributed by atoms with Gasteiger partial charge in [-0.25, -0.2) is 0 Å². The number of fused-ring (bicyclic) bond motifs is 1. The molecule has 3 heterocycles. The van der Waals surface area contributed by atoms with E-state index in [9.17, 15) is 0 Å². The SMILES string of the molecule is CC1NC(=NCc2ccc(C#N)o2)c2cn[nH]c2N1. The highest BCUT2D eigenvalue weighted by molar-refractivity contribution is 6.04. The minimum atomic E-state index is 0.0676. The zero-order valence-corrected chi connectivity index (χ0v) is 10.3. The number of amidine groups is 1. The molecule has 2 aromatic heterocycles. The zero-order chi connectivity index (χ0) is 13.2. The van der Waals surface area contributed by atoms with Crippen LogP contribution in [0, 0.1) is 11.3 Å². The molecule has 7 heteroatoms. The van der Waals surface area contributed by atoms with Crippen LogP contribution in [-0.4, -0.2) is 22.2 Å². The molecular formula is C12H12N6O. The number of aromatic nitrogens is 2. The largest absolute Gasteiger partial charge is 0.449 e. The van der Waals surface area contributed by atoms with E-state index in [-0.39, 0.29) is 6.17 Å². The Morgan fingerprint density at radius 2 is 2.37 bits per heavy atom. The van der Waals surface area contributed by atoms with Gasteiger partial charge in [-0.2, -0.15) is 10.4 Å². The van der Waals surface area contributed by atoms with Crippen LogP contribution >= 0.6 is 0 Å². The van der Waals surface area contributed by atoms with Crippen molar-refractivity contribution in [3.05, 3.63) is 35.4 Å². The summed E-state index contributed by atoms with van der Waals surface area (Å²) in [5.74, 6) is 2.56. The number of rotatable bonds is 2. The Morgan fingerprint density at radius 3 is 3.16 bits per heavy atom. The maximum atomic E-state index is 8.69. The van der Waals surface area contributed by atoms with E-state index in [1.807, 2.05) is 13.0 Å². The first-order valence-corrected chi connectivity index (χ1v) is 5.86. The number of furan rings is 1. The molecule has 7 nitrogen and oxygen atoms in total. The Morgan fingerprint density at radius 1 is 1.47 bits per heavy atom. The molecular weight excluding hydrogens is 244 g/mol. The van der Waals surface area contributed by atoms with Crippen LogP contribution in [0.5, 0.6) is 0 Å². The summed E-state index contributed by atoms with van der Waals surface area (Å²) in [7, 11) is 0. The lowest BCUT2D eigenvalue weighted by Gasteiger charge is -2.24.